The van der Waals surface area contributed by atoms with Gasteiger partial charge in [-0.15, -0.1) is 0 Å². The van der Waals surface area contributed by atoms with E-state index in [4.69, 9.17) is 0 Å². The van der Waals surface area contributed by atoms with E-state index < -0.39 is 0 Å². The molecule has 0 radical (unpaired) electrons. The van der Waals surface area contributed by atoms with E-state index in [0.29, 0.717) is 12.6 Å². The van der Waals surface area contributed by atoms with Gasteiger partial charge in [0.2, 0.25) is 0 Å². The molecule has 1 unspecified atom stereocenters. The first-order valence-electron chi connectivity index (χ1n) is 2.53. The lowest BCUT2D eigenvalue weighted by Gasteiger charge is -1.95. The van der Waals surface area contributed by atoms with Crippen molar-refractivity contribution < 1.29 is 14.2 Å². The Morgan fingerprint density at radius 2 is 2.11 bits per heavy atom. The number of carbonyl (C=O) groups is 2. The minimum atomic E-state index is -0.360. The molecule has 0 aromatic heterocycles. The molecule has 0 aliphatic rings. The second-order valence-electron chi connectivity index (χ2n) is 1.61. The lowest BCUT2D eigenvalue weighted by Crippen LogP contribution is -2.03. The van der Waals surface area contributed by atoms with Crippen LogP contribution in [0.15, 0.2) is 0 Å². The maximum Gasteiger partial charge on any atom is 0.155 e. The van der Waals surface area contributed by atoms with E-state index in [-0.39, 0.29) is 27.0 Å². The number of aldehydes is 2. The van der Waals surface area contributed by atoms with E-state index >= 15 is 0 Å². The van der Waals surface area contributed by atoms with Gasteiger partial charge in [-0.1, -0.05) is 0 Å². The fourth-order valence-corrected chi connectivity index (χ4v) is 0.819. The van der Waals surface area contributed by atoms with Crippen LogP contribution in [0.1, 0.15) is 6.42 Å². The molecule has 0 aliphatic carbocycles. The minimum absolute atomic E-state index is 0.0756. The van der Waals surface area contributed by atoms with E-state index in [1.807, 2.05) is 0 Å². The summed E-state index contributed by atoms with van der Waals surface area (Å²) in [5.41, 5.74) is 0. The lowest BCUT2D eigenvalue weighted by molar-refractivity contribution is -0.114. The summed E-state index contributed by atoms with van der Waals surface area (Å²) in [4.78, 5) is 19.8. The Balaban J connectivity index is 3.51. The molecule has 50 valence electrons. The van der Waals surface area contributed by atoms with Crippen molar-refractivity contribution in [3.63, 3.8) is 0 Å². The van der Waals surface area contributed by atoms with Gasteiger partial charge >= 0.3 is 0 Å². The number of carbonyl (C=O) groups excluding carboxylic acids is 2. The summed E-state index contributed by atoms with van der Waals surface area (Å²) in [6, 6.07) is 0. The summed E-state index contributed by atoms with van der Waals surface area (Å²) in [5, 5.41) is 0. The summed E-state index contributed by atoms with van der Waals surface area (Å²) in [5.74, 6) is -0.360. The molecule has 0 fully saturated rings. The first-order chi connectivity index (χ1) is 4.35. The zero-order valence-electron chi connectivity index (χ0n) is 4.82. The van der Waals surface area contributed by atoms with Crippen LogP contribution < -0.4 is 0 Å². The van der Waals surface area contributed by atoms with Crippen LogP contribution >= 0.6 is 8.46 Å². The highest BCUT2D eigenvalue weighted by molar-refractivity contribution is 7.23. The summed E-state index contributed by atoms with van der Waals surface area (Å²) in [7, 11) is -0.0756. The largest absolute Gasteiger partial charge is 0.303 e. The van der Waals surface area contributed by atoms with Crippen LogP contribution in [0.3, 0.4) is 0 Å². The Bertz CT molecular complexity index is 103. The van der Waals surface area contributed by atoms with Crippen molar-refractivity contribution in [2.75, 3.05) is 6.16 Å². The quantitative estimate of drug-likeness (QED) is 0.423. The zero-order valence-corrected chi connectivity index (χ0v) is 5.71. The van der Waals surface area contributed by atoms with Gasteiger partial charge in [-0.25, -0.2) is 0 Å². The Labute approximate surface area is 54.6 Å². The van der Waals surface area contributed by atoms with Crippen LogP contribution in [0.25, 0.3) is 0 Å². The predicted octanol–water partition coefficient (Wildman–Crippen LogP) is 0.682. The van der Waals surface area contributed by atoms with Crippen LogP contribution in [0.4, 0.5) is 0 Å². The number of rotatable bonds is 5. The van der Waals surface area contributed by atoms with Crippen molar-refractivity contribution >= 4 is 21.0 Å². The second kappa shape index (κ2) is 5.57. The molecule has 1 atom stereocenters. The standard InChI is InChI=1S/C5H7O3P/c6-2-1-5(3-7)4-9-8/h2-3,5H,1,4H2. The molecule has 0 heterocycles. The van der Waals surface area contributed by atoms with Crippen molar-refractivity contribution in [3.8, 4) is 0 Å². The second-order valence-corrected chi connectivity index (χ2v) is 2.23. The van der Waals surface area contributed by atoms with Gasteiger partial charge in [0.25, 0.3) is 0 Å². The van der Waals surface area contributed by atoms with Crippen molar-refractivity contribution in [1.82, 2.24) is 0 Å². The molecule has 3 nitrogen and oxygen atoms in total. The maximum atomic E-state index is 9.98. The smallest absolute Gasteiger partial charge is 0.155 e. The molecule has 0 aromatic carbocycles. The number of hydrogen-bond donors (Lipinski definition) is 0. The molecule has 0 amide bonds. The molecule has 0 bridgehead atoms. The monoisotopic (exact) mass is 146 g/mol. The first-order valence-corrected chi connectivity index (χ1v) is 3.53. The van der Waals surface area contributed by atoms with E-state index in [1.165, 1.54) is 0 Å². The topological polar surface area (TPSA) is 51.2 Å². The highest BCUT2D eigenvalue weighted by atomic mass is 31.1. The summed E-state index contributed by atoms with van der Waals surface area (Å²) in [6.45, 7) is 0. The van der Waals surface area contributed by atoms with Crippen LogP contribution in [0.5, 0.6) is 0 Å². The molecule has 0 spiro atoms. The molecule has 0 saturated carbocycles. The van der Waals surface area contributed by atoms with Gasteiger partial charge in [0, 0.05) is 18.5 Å². The van der Waals surface area contributed by atoms with Crippen LogP contribution in [-0.2, 0) is 14.2 Å². The molecule has 0 rings (SSSR count). The maximum absolute atomic E-state index is 9.98. The molecule has 0 N–H and O–H groups in total. The highest BCUT2D eigenvalue weighted by Gasteiger charge is 2.04. The molecular weight excluding hydrogens is 139 g/mol. The van der Waals surface area contributed by atoms with E-state index in [9.17, 15) is 14.2 Å². The Morgan fingerprint density at radius 3 is 2.44 bits per heavy atom. The minimum Gasteiger partial charge on any atom is -0.303 e. The van der Waals surface area contributed by atoms with Gasteiger partial charge in [-0.05, 0) is 0 Å². The molecule has 0 saturated heterocycles. The van der Waals surface area contributed by atoms with Crippen molar-refractivity contribution in [1.29, 1.82) is 0 Å². The lowest BCUT2D eigenvalue weighted by atomic mass is 10.1. The van der Waals surface area contributed by atoms with Gasteiger partial charge in [0.15, 0.2) is 8.46 Å². The third kappa shape index (κ3) is 3.98. The normalized spacial score (nSPS) is 12.9. The summed E-state index contributed by atoms with van der Waals surface area (Å²) < 4.78 is 9.87. The van der Waals surface area contributed by atoms with E-state index in [1.54, 1.807) is 0 Å². The van der Waals surface area contributed by atoms with Crippen molar-refractivity contribution in [2.24, 2.45) is 5.92 Å². The molecule has 4 heteroatoms. The summed E-state index contributed by atoms with van der Waals surface area (Å²) >= 11 is 0. The predicted molar refractivity (Wildman–Crippen MR) is 32.7 cm³/mol. The third-order valence-electron chi connectivity index (χ3n) is 0.900. The zero-order chi connectivity index (χ0) is 7.11. The molecule has 0 aromatic rings. The molecule has 9 heavy (non-hydrogen) atoms. The molecule has 0 aliphatic heterocycles. The number of hydrogen-bond acceptors (Lipinski definition) is 3. The molecular formula is C5H7O3P. The van der Waals surface area contributed by atoms with Gasteiger partial charge < -0.3 is 9.59 Å². The Kier molecular flexibility index (Phi) is 5.23. The third-order valence-corrected chi connectivity index (χ3v) is 1.52. The average molecular weight is 146 g/mol. The van der Waals surface area contributed by atoms with Gasteiger partial charge in [0.05, 0.1) is 0 Å². The van der Waals surface area contributed by atoms with Gasteiger partial charge in [-0.3, -0.25) is 4.57 Å². The first kappa shape index (κ1) is 8.44. The Morgan fingerprint density at radius 1 is 1.44 bits per heavy atom. The van der Waals surface area contributed by atoms with E-state index in [2.05, 4.69) is 0 Å². The van der Waals surface area contributed by atoms with Crippen molar-refractivity contribution in [2.45, 2.75) is 6.42 Å². The van der Waals surface area contributed by atoms with Crippen LogP contribution in [0, 0.1) is 5.92 Å². The fourth-order valence-electron chi connectivity index (χ4n) is 0.392. The highest BCUT2D eigenvalue weighted by Crippen LogP contribution is 2.04. The van der Waals surface area contributed by atoms with Crippen molar-refractivity contribution in [3.05, 3.63) is 0 Å². The van der Waals surface area contributed by atoms with Gasteiger partial charge in [0.1, 0.15) is 12.6 Å². The van der Waals surface area contributed by atoms with Gasteiger partial charge in [-0.2, -0.15) is 0 Å². The Hall–Kier alpha value is -0.560. The average Bonchev–Trinajstić information content (AvgIpc) is 1.88. The van der Waals surface area contributed by atoms with E-state index in [0.717, 1.165) is 0 Å². The summed E-state index contributed by atoms with van der Waals surface area (Å²) in [6.07, 6.45) is 1.74. The SMILES string of the molecule is O=CCC(C=O)CP=O. The fraction of sp³-hybridized carbons (Fsp3) is 0.600. The van der Waals surface area contributed by atoms with Crippen LogP contribution in [-0.4, -0.2) is 18.7 Å². The van der Waals surface area contributed by atoms with Crippen LogP contribution in [0.2, 0.25) is 0 Å².